The minimum absolute atomic E-state index is 0.392. The van der Waals surface area contributed by atoms with Gasteiger partial charge in [0.2, 0.25) is 0 Å². The maximum absolute atomic E-state index is 6.27. The Labute approximate surface area is 95.5 Å². The summed E-state index contributed by atoms with van der Waals surface area (Å²) in [6, 6.07) is 3.88. The smallest absolute Gasteiger partial charge is 0.160 e. The zero-order valence-corrected chi connectivity index (χ0v) is 10.1. The van der Waals surface area contributed by atoms with Crippen LogP contribution in [0.3, 0.4) is 0 Å². The van der Waals surface area contributed by atoms with Gasteiger partial charge in [0, 0.05) is 12.7 Å². The van der Waals surface area contributed by atoms with Gasteiger partial charge >= 0.3 is 0 Å². The van der Waals surface area contributed by atoms with E-state index in [9.17, 15) is 0 Å². The molecular formula is C12H18N4. The quantitative estimate of drug-likeness (QED) is 0.857. The molecule has 16 heavy (non-hydrogen) atoms. The third kappa shape index (κ3) is 1.59. The van der Waals surface area contributed by atoms with Gasteiger partial charge in [0.1, 0.15) is 11.3 Å². The highest BCUT2D eigenvalue weighted by Crippen LogP contribution is 2.24. The Hall–Kier alpha value is -1.42. The van der Waals surface area contributed by atoms with E-state index in [1.54, 1.807) is 6.20 Å². The summed E-state index contributed by atoms with van der Waals surface area (Å²) in [4.78, 5) is 8.97. The summed E-state index contributed by atoms with van der Waals surface area (Å²) in [5.74, 6) is 0.922. The molecule has 2 rings (SSSR count). The molecule has 0 spiro atoms. The molecule has 0 aliphatic heterocycles. The fourth-order valence-electron chi connectivity index (χ4n) is 1.85. The first-order valence-corrected chi connectivity index (χ1v) is 5.70. The molecule has 0 saturated carbocycles. The summed E-state index contributed by atoms with van der Waals surface area (Å²) in [6.45, 7) is 7.02. The summed E-state index contributed by atoms with van der Waals surface area (Å²) in [6.07, 6.45) is 2.65. The van der Waals surface area contributed by atoms with Gasteiger partial charge in [-0.05, 0) is 32.4 Å². The largest absolute Gasteiger partial charge is 0.319 e. The van der Waals surface area contributed by atoms with E-state index in [2.05, 4.69) is 28.4 Å². The van der Waals surface area contributed by atoms with E-state index >= 15 is 0 Å². The summed E-state index contributed by atoms with van der Waals surface area (Å²) in [5.41, 5.74) is 7.72. The van der Waals surface area contributed by atoms with Crippen LogP contribution < -0.4 is 5.73 Å². The maximum atomic E-state index is 6.27. The first-order chi connectivity index (χ1) is 7.60. The molecule has 4 heteroatoms. The van der Waals surface area contributed by atoms with Crippen molar-refractivity contribution in [3.05, 3.63) is 24.2 Å². The van der Waals surface area contributed by atoms with Crippen molar-refractivity contribution < 1.29 is 0 Å². The minimum atomic E-state index is -0.392. The number of hydrogen-bond acceptors (Lipinski definition) is 3. The minimum Gasteiger partial charge on any atom is -0.319 e. The fraction of sp³-hybridized carbons (Fsp3) is 0.500. The van der Waals surface area contributed by atoms with Gasteiger partial charge in [-0.3, -0.25) is 0 Å². The summed E-state index contributed by atoms with van der Waals surface area (Å²) >= 11 is 0. The van der Waals surface area contributed by atoms with Crippen molar-refractivity contribution in [3.8, 4) is 0 Å². The first-order valence-electron chi connectivity index (χ1n) is 5.70. The van der Waals surface area contributed by atoms with E-state index in [1.807, 2.05) is 19.1 Å². The molecule has 86 valence electrons. The molecule has 0 bridgehead atoms. The average Bonchev–Trinajstić information content (AvgIpc) is 2.68. The van der Waals surface area contributed by atoms with Gasteiger partial charge in [0.05, 0.1) is 5.54 Å². The number of fused-ring (bicyclic) bond motifs is 1. The van der Waals surface area contributed by atoms with Crippen molar-refractivity contribution in [1.29, 1.82) is 0 Å². The van der Waals surface area contributed by atoms with Crippen LogP contribution in [-0.2, 0) is 12.1 Å². The van der Waals surface area contributed by atoms with Gasteiger partial charge in [-0.15, -0.1) is 0 Å². The van der Waals surface area contributed by atoms with E-state index in [4.69, 9.17) is 5.73 Å². The highest BCUT2D eigenvalue weighted by molar-refractivity contribution is 5.71. The Morgan fingerprint density at radius 1 is 1.44 bits per heavy atom. The predicted octanol–water partition coefficient (Wildman–Crippen LogP) is 2.04. The highest BCUT2D eigenvalue weighted by atomic mass is 15.2. The molecule has 0 fully saturated rings. The lowest BCUT2D eigenvalue weighted by molar-refractivity contribution is 0.425. The molecule has 2 heterocycles. The van der Waals surface area contributed by atoms with Crippen LogP contribution >= 0.6 is 0 Å². The number of nitrogens with two attached hydrogens (primary N) is 1. The molecule has 0 radical (unpaired) electrons. The second kappa shape index (κ2) is 3.87. The van der Waals surface area contributed by atoms with Crippen LogP contribution in [0.1, 0.15) is 33.0 Å². The maximum Gasteiger partial charge on any atom is 0.160 e. The van der Waals surface area contributed by atoms with Crippen molar-refractivity contribution in [2.75, 3.05) is 0 Å². The Balaban J connectivity index is 2.70. The van der Waals surface area contributed by atoms with Crippen LogP contribution in [0, 0.1) is 0 Å². The lowest BCUT2D eigenvalue weighted by atomic mass is 9.99. The lowest BCUT2D eigenvalue weighted by Crippen LogP contribution is -2.35. The Morgan fingerprint density at radius 3 is 2.81 bits per heavy atom. The number of aromatic nitrogens is 3. The van der Waals surface area contributed by atoms with Crippen molar-refractivity contribution in [1.82, 2.24) is 14.5 Å². The third-order valence-electron chi connectivity index (χ3n) is 3.07. The summed E-state index contributed by atoms with van der Waals surface area (Å²) in [7, 11) is 0. The van der Waals surface area contributed by atoms with Crippen molar-refractivity contribution >= 4 is 11.2 Å². The highest BCUT2D eigenvalue weighted by Gasteiger charge is 2.26. The number of nitrogens with zero attached hydrogens (tertiary/aromatic N) is 3. The topological polar surface area (TPSA) is 56.7 Å². The fourth-order valence-corrected chi connectivity index (χ4v) is 1.85. The van der Waals surface area contributed by atoms with Crippen molar-refractivity contribution in [3.63, 3.8) is 0 Å². The van der Waals surface area contributed by atoms with Crippen LogP contribution in [0.5, 0.6) is 0 Å². The van der Waals surface area contributed by atoms with E-state index in [1.165, 1.54) is 0 Å². The number of imidazole rings is 1. The molecule has 0 amide bonds. The van der Waals surface area contributed by atoms with Crippen LogP contribution in [0.25, 0.3) is 11.2 Å². The molecule has 2 aromatic heterocycles. The number of rotatable bonds is 3. The molecule has 1 unspecified atom stereocenters. The SMILES string of the molecule is CCn1c(C(C)(N)CC)nc2cccnc21. The molecular weight excluding hydrogens is 200 g/mol. The number of pyridine rings is 1. The molecule has 2 N–H and O–H groups in total. The monoisotopic (exact) mass is 218 g/mol. The normalized spacial score (nSPS) is 15.2. The lowest BCUT2D eigenvalue weighted by Gasteiger charge is -2.22. The summed E-state index contributed by atoms with van der Waals surface area (Å²) in [5, 5.41) is 0. The van der Waals surface area contributed by atoms with Gasteiger partial charge < -0.3 is 10.3 Å². The van der Waals surface area contributed by atoms with E-state index < -0.39 is 5.54 Å². The van der Waals surface area contributed by atoms with Gasteiger partial charge in [-0.2, -0.15) is 0 Å². The second-order valence-corrected chi connectivity index (χ2v) is 4.30. The molecule has 4 nitrogen and oxygen atoms in total. The van der Waals surface area contributed by atoms with E-state index in [0.29, 0.717) is 0 Å². The van der Waals surface area contributed by atoms with Crippen LogP contribution in [0.15, 0.2) is 18.3 Å². The molecule has 0 aromatic carbocycles. The second-order valence-electron chi connectivity index (χ2n) is 4.30. The van der Waals surface area contributed by atoms with Gasteiger partial charge in [0.25, 0.3) is 0 Å². The Kier molecular flexibility index (Phi) is 2.68. The average molecular weight is 218 g/mol. The molecule has 0 aliphatic carbocycles. The van der Waals surface area contributed by atoms with Gasteiger partial charge in [0.15, 0.2) is 5.65 Å². The molecule has 2 aromatic rings. The summed E-state index contributed by atoms with van der Waals surface area (Å²) < 4.78 is 2.10. The van der Waals surface area contributed by atoms with Gasteiger partial charge in [-0.25, -0.2) is 9.97 Å². The van der Waals surface area contributed by atoms with Gasteiger partial charge in [-0.1, -0.05) is 6.92 Å². The Bertz CT molecular complexity index is 499. The molecule has 0 aliphatic rings. The predicted molar refractivity (Wildman–Crippen MR) is 65.0 cm³/mol. The van der Waals surface area contributed by atoms with Crippen molar-refractivity contribution in [2.45, 2.75) is 39.3 Å². The van der Waals surface area contributed by atoms with E-state index in [-0.39, 0.29) is 0 Å². The molecule has 1 atom stereocenters. The van der Waals surface area contributed by atoms with Crippen LogP contribution in [0.2, 0.25) is 0 Å². The first kappa shape index (κ1) is 11.1. The van der Waals surface area contributed by atoms with Crippen LogP contribution in [-0.4, -0.2) is 14.5 Å². The molecule has 0 saturated heterocycles. The van der Waals surface area contributed by atoms with Crippen molar-refractivity contribution in [2.24, 2.45) is 5.73 Å². The van der Waals surface area contributed by atoms with Crippen LogP contribution in [0.4, 0.5) is 0 Å². The zero-order chi connectivity index (χ0) is 11.8. The third-order valence-corrected chi connectivity index (χ3v) is 3.07. The Morgan fingerprint density at radius 2 is 2.19 bits per heavy atom. The number of hydrogen-bond donors (Lipinski definition) is 1. The number of aryl methyl sites for hydroxylation is 1. The van der Waals surface area contributed by atoms with E-state index in [0.717, 1.165) is 30.0 Å². The standard InChI is InChI=1S/C12H18N4/c1-4-12(3,13)11-15-9-7-6-8-14-10(9)16(11)5-2/h6-8H,4-5,13H2,1-3H3. The zero-order valence-electron chi connectivity index (χ0n) is 10.1.